The minimum atomic E-state index is 0.484. The highest BCUT2D eigenvalue weighted by Gasteiger charge is 2.25. The summed E-state index contributed by atoms with van der Waals surface area (Å²) in [5.41, 5.74) is 0. The molecule has 1 aromatic heterocycles. The van der Waals surface area contributed by atoms with Gasteiger partial charge in [-0.2, -0.15) is 4.98 Å². The van der Waals surface area contributed by atoms with Crippen molar-refractivity contribution in [2.45, 2.75) is 57.9 Å². The Balaban J connectivity index is 1.81. The van der Waals surface area contributed by atoms with E-state index >= 15 is 0 Å². The maximum absolute atomic E-state index is 5.25. The van der Waals surface area contributed by atoms with Crippen LogP contribution in [0.1, 0.15) is 63.1 Å². The van der Waals surface area contributed by atoms with Gasteiger partial charge in [0.1, 0.15) is 0 Å². The van der Waals surface area contributed by atoms with Crippen LogP contribution in [0.5, 0.6) is 0 Å². The number of nitrogens with zero attached hydrogens (tertiary/aromatic N) is 2. The van der Waals surface area contributed by atoms with Crippen LogP contribution in [-0.2, 0) is 6.54 Å². The van der Waals surface area contributed by atoms with E-state index < -0.39 is 0 Å². The van der Waals surface area contributed by atoms with Crippen molar-refractivity contribution >= 4 is 0 Å². The van der Waals surface area contributed by atoms with E-state index in [1.54, 1.807) is 0 Å². The first kappa shape index (κ1) is 14.1. The van der Waals surface area contributed by atoms with Gasteiger partial charge >= 0.3 is 0 Å². The van der Waals surface area contributed by atoms with Gasteiger partial charge in [-0.3, -0.25) is 5.32 Å². The Hall–Kier alpha value is -1.34. The molecule has 0 atom stereocenters. The van der Waals surface area contributed by atoms with Gasteiger partial charge in [-0.15, -0.1) is 6.42 Å². The van der Waals surface area contributed by atoms with Crippen molar-refractivity contribution in [2.24, 2.45) is 5.92 Å². The van der Waals surface area contributed by atoms with Crippen molar-refractivity contribution in [2.75, 3.05) is 6.54 Å². The van der Waals surface area contributed by atoms with Crippen LogP contribution >= 0.6 is 0 Å². The van der Waals surface area contributed by atoms with E-state index in [4.69, 9.17) is 10.9 Å². The Morgan fingerprint density at radius 2 is 2.16 bits per heavy atom. The highest BCUT2D eigenvalue weighted by Crippen LogP contribution is 2.36. The van der Waals surface area contributed by atoms with Crippen LogP contribution in [0.4, 0.5) is 0 Å². The third-order valence-electron chi connectivity index (χ3n) is 3.90. The molecule has 0 aliphatic heterocycles. The first-order chi connectivity index (χ1) is 9.33. The molecule has 4 heteroatoms. The molecule has 1 heterocycles. The summed E-state index contributed by atoms with van der Waals surface area (Å²) in [6.07, 6.45) is 12.8. The van der Waals surface area contributed by atoms with E-state index in [-0.39, 0.29) is 0 Å². The monoisotopic (exact) mass is 261 g/mol. The summed E-state index contributed by atoms with van der Waals surface area (Å²) in [7, 11) is 0. The van der Waals surface area contributed by atoms with Crippen molar-refractivity contribution in [1.29, 1.82) is 0 Å². The molecule has 0 amide bonds. The fourth-order valence-corrected chi connectivity index (χ4v) is 2.86. The summed E-state index contributed by atoms with van der Waals surface area (Å²) in [4.78, 5) is 4.47. The van der Waals surface area contributed by atoms with Gasteiger partial charge in [-0.05, 0) is 31.6 Å². The van der Waals surface area contributed by atoms with E-state index in [0.29, 0.717) is 24.9 Å². The zero-order chi connectivity index (χ0) is 13.5. The minimum absolute atomic E-state index is 0.484. The van der Waals surface area contributed by atoms with Crippen LogP contribution in [0.15, 0.2) is 4.52 Å². The average molecular weight is 261 g/mol. The molecule has 0 spiro atoms. The van der Waals surface area contributed by atoms with E-state index in [1.807, 2.05) is 0 Å². The molecule has 4 nitrogen and oxygen atoms in total. The average Bonchev–Trinajstić information content (AvgIpc) is 2.89. The maximum atomic E-state index is 5.25. The predicted octanol–water partition coefficient (Wildman–Crippen LogP) is 2.87. The van der Waals surface area contributed by atoms with Crippen molar-refractivity contribution in [3.8, 4) is 12.3 Å². The van der Waals surface area contributed by atoms with Gasteiger partial charge in [-0.1, -0.05) is 30.8 Å². The lowest BCUT2D eigenvalue weighted by Gasteiger charge is -2.26. The molecule has 0 saturated heterocycles. The Bertz CT molecular complexity index is 413. The van der Waals surface area contributed by atoms with Crippen LogP contribution in [0, 0.1) is 18.3 Å². The highest BCUT2D eigenvalue weighted by molar-refractivity contribution is 4.98. The van der Waals surface area contributed by atoms with Gasteiger partial charge < -0.3 is 4.52 Å². The molecule has 104 valence electrons. The van der Waals surface area contributed by atoms with Gasteiger partial charge in [0.2, 0.25) is 5.89 Å². The number of nitrogens with one attached hydrogen (secondary N) is 1. The molecular formula is C15H23N3O. The van der Waals surface area contributed by atoms with Crippen molar-refractivity contribution < 1.29 is 4.52 Å². The van der Waals surface area contributed by atoms with E-state index in [9.17, 15) is 0 Å². The van der Waals surface area contributed by atoms with Gasteiger partial charge in [0.05, 0.1) is 13.1 Å². The molecule has 0 unspecified atom stereocenters. The van der Waals surface area contributed by atoms with E-state index in [0.717, 1.165) is 11.7 Å². The molecule has 1 aromatic rings. The second-order valence-corrected chi connectivity index (χ2v) is 5.36. The summed E-state index contributed by atoms with van der Waals surface area (Å²) >= 11 is 0. The van der Waals surface area contributed by atoms with E-state index in [2.05, 4.69) is 28.3 Å². The summed E-state index contributed by atoms with van der Waals surface area (Å²) in [5.74, 6) is 5.44. The fraction of sp³-hybridized carbons (Fsp3) is 0.733. The lowest BCUT2D eigenvalue weighted by atomic mass is 9.80. The number of aromatic nitrogens is 2. The van der Waals surface area contributed by atoms with Gasteiger partial charge in [0, 0.05) is 5.92 Å². The standard InChI is InChI=1S/C15H23N3O/c1-3-5-12-6-8-13(9-7-12)15-17-14(19-18-15)11-16-10-4-2/h2,12-13,16H,3,5-11H2,1H3. The maximum Gasteiger partial charge on any atom is 0.240 e. The molecule has 2 rings (SSSR count). The first-order valence-corrected chi connectivity index (χ1v) is 7.30. The van der Waals surface area contributed by atoms with Crippen molar-refractivity contribution in [1.82, 2.24) is 15.5 Å². The number of hydrogen-bond donors (Lipinski definition) is 1. The first-order valence-electron chi connectivity index (χ1n) is 7.30. The molecule has 1 N–H and O–H groups in total. The summed E-state index contributed by atoms with van der Waals surface area (Å²) in [6, 6.07) is 0. The SMILES string of the molecule is C#CCNCc1nc(C2CCC(CCC)CC2)no1. The summed E-state index contributed by atoms with van der Waals surface area (Å²) in [6.45, 7) is 3.35. The Morgan fingerprint density at radius 1 is 1.37 bits per heavy atom. The molecular weight excluding hydrogens is 238 g/mol. The fourth-order valence-electron chi connectivity index (χ4n) is 2.86. The quantitative estimate of drug-likeness (QED) is 0.632. The minimum Gasteiger partial charge on any atom is -0.338 e. The molecule has 0 aromatic carbocycles. The highest BCUT2D eigenvalue weighted by atomic mass is 16.5. The molecule has 0 radical (unpaired) electrons. The summed E-state index contributed by atoms with van der Waals surface area (Å²) in [5, 5.41) is 7.17. The van der Waals surface area contributed by atoms with E-state index in [1.165, 1.54) is 38.5 Å². The number of rotatable bonds is 6. The lowest BCUT2D eigenvalue weighted by molar-refractivity contribution is 0.294. The Morgan fingerprint density at radius 3 is 2.84 bits per heavy atom. The molecule has 1 aliphatic rings. The van der Waals surface area contributed by atoms with Crippen LogP contribution in [-0.4, -0.2) is 16.7 Å². The topological polar surface area (TPSA) is 51.0 Å². The molecule has 1 fully saturated rings. The van der Waals surface area contributed by atoms with Crippen LogP contribution in [0.2, 0.25) is 0 Å². The van der Waals surface area contributed by atoms with Crippen LogP contribution in [0.3, 0.4) is 0 Å². The molecule has 0 bridgehead atoms. The zero-order valence-electron chi connectivity index (χ0n) is 11.7. The molecule has 1 aliphatic carbocycles. The predicted molar refractivity (Wildman–Crippen MR) is 74.4 cm³/mol. The number of terminal acetylenes is 1. The third-order valence-corrected chi connectivity index (χ3v) is 3.90. The second-order valence-electron chi connectivity index (χ2n) is 5.36. The normalized spacial score (nSPS) is 23.2. The molecule has 19 heavy (non-hydrogen) atoms. The zero-order valence-corrected chi connectivity index (χ0v) is 11.7. The van der Waals surface area contributed by atoms with Gasteiger partial charge in [0.25, 0.3) is 0 Å². The van der Waals surface area contributed by atoms with Crippen LogP contribution < -0.4 is 5.32 Å². The van der Waals surface area contributed by atoms with Crippen molar-refractivity contribution in [3.63, 3.8) is 0 Å². The lowest BCUT2D eigenvalue weighted by Crippen LogP contribution is -2.15. The smallest absolute Gasteiger partial charge is 0.240 e. The van der Waals surface area contributed by atoms with Gasteiger partial charge in [0.15, 0.2) is 5.82 Å². The molecule has 1 saturated carbocycles. The Kier molecular flexibility index (Phi) is 5.41. The van der Waals surface area contributed by atoms with Crippen molar-refractivity contribution in [3.05, 3.63) is 11.7 Å². The Labute approximate surface area is 115 Å². The largest absolute Gasteiger partial charge is 0.338 e. The summed E-state index contributed by atoms with van der Waals surface area (Å²) < 4.78 is 5.25. The number of hydrogen-bond acceptors (Lipinski definition) is 4. The van der Waals surface area contributed by atoms with Crippen LogP contribution in [0.25, 0.3) is 0 Å². The second kappa shape index (κ2) is 7.30. The third kappa shape index (κ3) is 4.07. The van der Waals surface area contributed by atoms with Gasteiger partial charge in [-0.25, -0.2) is 0 Å².